The fraction of sp³-hybridized carbons (Fsp3) is 0.400. The lowest BCUT2D eigenvalue weighted by Gasteiger charge is -2.48. The van der Waals surface area contributed by atoms with E-state index in [9.17, 15) is 9.90 Å². The summed E-state index contributed by atoms with van der Waals surface area (Å²) in [4.78, 5) is 11.7. The quantitative estimate of drug-likeness (QED) is 0.648. The molecule has 3 rings (SSSR count). The maximum Gasteiger partial charge on any atom is 0.337 e. The van der Waals surface area contributed by atoms with Crippen LogP contribution in [0, 0.1) is 10.8 Å². The molecule has 3 nitrogen and oxygen atoms in total. The first kappa shape index (κ1) is 20.2. The third-order valence-electron chi connectivity index (χ3n) is 5.68. The Morgan fingerprint density at radius 2 is 1.64 bits per heavy atom. The number of carbonyl (C=O) groups excluding carboxylic acids is 1. The number of ether oxygens (including phenoxy) is 1. The van der Waals surface area contributed by atoms with E-state index >= 15 is 0 Å². The predicted molar refractivity (Wildman–Crippen MR) is 113 cm³/mol. The van der Waals surface area contributed by atoms with Gasteiger partial charge in [-0.15, -0.1) is 0 Å². The van der Waals surface area contributed by atoms with Crippen LogP contribution in [0.25, 0.3) is 6.08 Å². The number of aromatic hydroxyl groups is 1. The first-order chi connectivity index (χ1) is 13.1. The second-order valence-electron chi connectivity index (χ2n) is 9.36. The highest BCUT2D eigenvalue weighted by atomic mass is 16.5. The van der Waals surface area contributed by atoms with Gasteiger partial charge in [-0.05, 0) is 59.1 Å². The Hall–Kier alpha value is -2.55. The highest BCUT2D eigenvalue weighted by Crippen LogP contribution is 2.56. The molecule has 0 amide bonds. The van der Waals surface area contributed by atoms with Gasteiger partial charge in [0.05, 0.1) is 12.7 Å². The molecule has 1 fully saturated rings. The smallest absolute Gasteiger partial charge is 0.337 e. The molecule has 0 bridgehead atoms. The molecule has 0 heterocycles. The number of carbonyl (C=O) groups is 1. The third kappa shape index (κ3) is 4.30. The zero-order chi connectivity index (χ0) is 20.5. The average Bonchev–Trinajstić information content (AvgIpc) is 2.61. The van der Waals surface area contributed by atoms with Gasteiger partial charge in [-0.2, -0.15) is 0 Å². The van der Waals surface area contributed by atoms with Crippen LogP contribution in [0.5, 0.6) is 5.75 Å². The minimum atomic E-state index is -0.318. The lowest BCUT2D eigenvalue weighted by molar-refractivity contribution is 0.0600. The van der Waals surface area contributed by atoms with Crippen molar-refractivity contribution in [3.8, 4) is 5.75 Å². The van der Waals surface area contributed by atoms with Gasteiger partial charge < -0.3 is 9.84 Å². The van der Waals surface area contributed by atoms with Crippen LogP contribution in [0.1, 0.15) is 67.9 Å². The van der Waals surface area contributed by atoms with Crippen molar-refractivity contribution in [1.29, 1.82) is 0 Å². The van der Waals surface area contributed by atoms with E-state index in [4.69, 9.17) is 4.74 Å². The van der Waals surface area contributed by atoms with Crippen molar-refractivity contribution in [3.63, 3.8) is 0 Å². The van der Waals surface area contributed by atoms with Gasteiger partial charge in [0.1, 0.15) is 5.75 Å². The molecule has 1 aliphatic rings. The first-order valence-corrected chi connectivity index (χ1v) is 9.79. The van der Waals surface area contributed by atoms with Crippen LogP contribution in [0.15, 0.2) is 54.1 Å². The molecule has 1 saturated carbocycles. The Morgan fingerprint density at radius 1 is 1.04 bits per heavy atom. The molecule has 0 radical (unpaired) electrons. The first-order valence-electron chi connectivity index (χ1n) is 9.79. The number of phenolic OH excluding ortho intramolecular Hbond substituents is 1. The number of rotatable bonds is 3. The second-order valence-corrected chi connectivity index (χ2v) is 9.36. The number of esters is 1. The Balaban J connectivity index is 2.03. The van der Waals surface area contributed by atoms with Gasteiger partial charge in [0.2, 0.25) is 0 Å². The monoisotopic (exact) mass is 378 g/mol. The van der Waals surface area contributed by atoms with Crippen LogP contribution in [0.2, 0.25) is 0 Å². The van der Waals surface area contributed by atoms with Gasteiger partial charge in [-0.3, -0.25) is 0 Å². The van der Waals surface area contributed by atoms with E-state index in [0.29, 0.717) is 11.3 Å². The zero-order valence-electron chi connectivity index (χ0n) is 17.5. The van der Waals surface area contributed by atoms with Gasteiger partial charge in [-0.1, -0.05) is 63.6 Å². The van der Waals surface area contributed by atoms with Crippen molar-refractivity contribution >= 4 is 12.0 Å². The van der Waals surface area contributed by atoms with Crippen LogP contribution >= 0.6 is 0 Å². The van der Waals surface area contributed by atoms with Gasteiger partial charge in [0.25, 0.3) is 0 Å². The van der Waals surface area contributed by atoms with E-state index in [1.54, 1.807) is 12.1 Å². The Morgan fingerprint density at radius 3 is 2.21 bits per heavy atom. The number of hydrogen-bond acceptors (Lipinski definition) is 3. The Bertz CT molecular complexity index is 871. The van der Waals surface area contributed by atoms with Gasteiger partial charge in [0.15, 0.2) is 0 Å². The standard InChI is InChI=1S/C25H30O3/c1-24(2)15-20(14-17-6-8-19(9-7-17)23(27)28-5)22(25(3,4)16-24)18-10-12-21(26)13-11-18/h6-14,22,26H,15-16H2,1-5H3. The minimum Gasteiger partial charge on any atom is -0.508 e. The average molecular weight is 379 g/mol. The third-order valence-corrected chi connectivity index (χ3v) is 5.68. The summed E-state index contributed by atoms with van der Waals surface area (Å²) in [6.07, 6.45) is 4.41. The molecule has 1 aliphatic carbocycles. The summed E-state index contributed by atoms with van der Waals surface area (Å²) < 4.78 is 4.79. The van der Waals surface area contributed by atoms with Crippen molar-refractivity contribution in [2.45, 2.75) is 46.5 Å². The van der Waals surface area contributed by atoms with Gasteiger partial charge in [0, 0.05) is 5.92 Å². The molecule has 0 spiro atoms. The SMILES string of the molecule is COC(=O)c1ccc(C=C2CC(C)(C)CC(C)(C)C2c2ccc(O)cc2)cc1. The molecule has 0 saturated heterocycles. The minimum absolute atomic E-state index is 0.0938. The lowest BCUT2D eigenvalue weighted by Crippen LogP contribution is -2.36. The van der Waals surface area contributed by atoms with Crippen molar-refractivity contribution < 1.29 is 14.6 Å². The van der Waals surface area contributed by atoms with E-state index in [0.717, 1.165) is 18.4 Å². The number of allylic oxidation sites excluding steroid dienone is 1. The summed E-state index contributed by atoms with van der Waals surface area (Å²) in [5.41, 5.74) is 4.57. The Kier molecular flexibility index (Phi) is 5.38. The molecule has 3 heteroatoms. The van der Waals surface area contributed by atoms with Crippen LogP contribution < -0.4 is 0 Å². The molecular formula is C25H30O3. The maximum atomic E-state index is 11.7. The van der Waals surface area contributed by atoms with Crippen molar-refractivity contribution in [3.05, 3.63) is 70.8 Å². The van der Waals surface area contributed by atoms with Crippen molar-refractivity contribution in [1.82, 2.24) is 0 Å². The largest absolute Gasteiger partial charge is 0.508 e. The van der Waals surface area contributed by atoms with E-state index in [1.165, 1.54) is 18.2 Å². The number of benzene rings is 2. The van der Waals surface area contributed by atoms with E-state index in [2.05, 4.69) is 33.8 Å². The molecule has 148 valence electrons. The molecule has 2 aromatic rings. The summed E-state index contributed by atoms with van der Waals surface area (Å²) in [5, 5.41) is 9.71. The molecule has 0 aliphatic heterocycles. The van der Waals surface area contributed by atoms with E-state index in [-0.39, 0.29) is 22.7 Å². The van der Waals surface area contributed by atoms with Gasteiger partial charge in [-0.25, -0.2) is 4.79 Å². The number of methoxy groups -OCH3 is 1. The predicted octanol–water partition coefficient (Wildman–Crippen LogP) is 6.19. The summed E-state index contributed by atoms with van der Waals surface area (Å²) >= 11 is 0. The molecule has 0 aromatic heterocycles. The fourth-order valence-electron chi connectivity index (χ4n) is 5.07. The van der Waals surface area contributed by atoms with Crippen LogP contribution in [0.4, 0.5) is 0 Å². The highest BCUT2D eigenvalue weighted by Gasteiger charge is 2.43. The molecular weight excluding hydrogens is 348 g/mol. The van der Waals surface area contributed by atoms with E-state index in [1.807, 2.05) is 36.4 Å². The van der Waals surface area contributed by atoms with Crippen LogP contribution in [0.3, 0.4) is 0 Å². The molecule has 1 unspecified atom stereocenters. The van der Waals surface area contributed by atoms with Crippen molar-refractivity contribution in [2.24, 2.45) is 10.8 Å². The molecule has 1 N–H and O–H groups in total. The topological polar surface area (TPSA) is 46.5 Å². The lowest BCUT2D eigenvalue weighted by atomic mass is 9.56. The van der Waals surface area contributed by atoms with Gasteiger partial charge >= 0.3 is 5.97 Å². The molecule has 2 aromatic carbocycles. The van der Waals surface area contributed by atoms with E-state index < -0.39 is 0 Å². The zero-order valence-corrected chi connectivity index (χ0v) is 17.5. The second kappa shape index (κ2) is 7.46. The summed E-state index contributed by atoms with van der Waals surface area (Å²) in [6.45, 7) is 9.32. The molecule has 28 heavy (non-hydrogen) atoms. The summed E-state index contributed by atoms with van der Waals surface area (Å²) in [6, 6.07) is 15.2. The maximum absolute atomic E-state index is 11.7. The molecule has 1 atom stereocenters. The number of phenols is 1. The fourth-order valence-corrected chi connectivity index (χ4v) is 5.07. The summed E-state index contributed by atoms with van der Waals surface area (Å²) in [7, 11) is 1.40. The van der Waals surface area contributed by atoms with Crippen LogP contribution in [-0.2, 0) is 4.74 Å². The van der Waals surface area contributed by atoms with Crippen molar-refractivity contribution in [2.75, 3.05) is 7.11 Å². The highest BCUT2D eigenvalue weighted by molar-refractivity contribution is 5.89. The normalized spacial score (nSPS) is 22.0. The Labute approximate surface area is 168 Å². The summed E-state index contributed by atoms with van der Waals surface area (Å²) in [5.74, 6) is 0.254. The van der Waals surface area contributed by atoms with Crippen LogP contribution in [-0.4, -0.2) is 18.2 Å². The number of hydrogen-bond donors (Lipinski definition) is 1.